The number of fused-ring (bicyclic) bond motifs is 1. The maximum absolute atomic E-state index is 14.4. The van der Waals surface area contributed by atoms with E-state index in [0.717, 1.165) is 30.4 Å². The van der Waals surface area contributed by atoms with Crippen molar-refractivity contribution >= 4 is 0 Å². The Bertz CT molecular complexity index is 715. The van der Waals surface area contributed by atoms with Crippen molar-refractivity contribution in [2.24, 2.45) is 11.8 Å². The monoisotopic (exact) mass is 402 g/mol. The highest BCUT2D eigenvalue weighted by molar-refractivity contribution is 5.44. The molecule has 2 aliphatic carbocycles. The number of halogens is 5. The van der Waals surface area contributed by atoms with Gasteiger partial charge in [-0.05, 0) is 54.7 Å². The number of hydrogen-bond acceptors (Lipinski definition) is 1. The lowest BCUT2D eigenvalue weighted by atomic mass is 9.77. The average molecular weight is 402 g/mol. The Hall–Kier alpha value is -1.59. The zero-order valence-corrected chi connectivity index (χ0v) is 16.2. The topological polar surface area (TPSA) is 9.23 Å². The quantitative estimate of drug-likeness (QED) is 0.359. The summed E-state index contributed by atoms with van der Waals surface area (Å²) in [5, 5.41) is 0. The van der Waals surface area contributed by atoms with Crippen molar-refractivity contribution in [2.75, 3.05) is 0 Å². The third-order valence-corrected chi connectivity index (χ3v) is 6.14. The third kappa shape index (κ3) is 5.26. The Morgan fingerprint density at radius 1 is 1.04 bits per heavy atom. The van der Waals surface area contributed by atoms with Gasteiger partial charge in [0.2, 0.25) is 5.75 Å². The van der Waals surface area contributed by atoms with Gasteiger partial charge in [0, 0.05) is 0 Å². The highest BCUT2D eigenvalue weighted by atomic mass is 19.4. The Labute approximate surface area is 163 Å². The molecular weight excluding hydrogens is 375 g/mol. The molecule has 0 saturated heterocycles. The zero-order valence-electron chi connectivity index (χ0n) is 16.2. The predicted molar refractivity (Wildman–Crippen MR) is 98.1 cm³/mol. The Kier molecular flexibility index (Phi) is 6.66. The van der Waals surface area contributed by atoms with Gasteiger partial charge in [0.25, 0.3) is 0 Å². The van der Waals surface area contributed by atoms with Crippen molar-refractivity contribution in [3.05, 3.63) is 40.5 Å². The first-order valence-corrected chi connectivity index (χ1v) is 10.2. The van der Waals surface area contributed by atoms with Gasteiger partial charge in [0.1, 0.15) is 0 Å². The Morgan fingerprint density at radius 3 is 2.29 bits per heavy atom. The van der Waals surface area contributed by atoms with Crippen LogP contribution in [0, 0.1) is 23.5 Å². The maximum Gasteiger partial charge on any atom is 0.573 e. The number of rotatable bonds is 6. The van der Waals surface area contributed by atoms with E-state index in [1.165, 1.54) is 38.5 Å². The average Bonchev–Trinajstić information content (AvgIpc) is 2.64. The van der Waals surface area contributed by atoms with E-state index in [0.29, 0.717) is 17.9 Å². The van der Waals surface area contributed by atoms with Crippen LogP contribution in [-0.4, -0.2) is 6.36 Å². The molecule has 1 fully saturated rings. The minimum Gasteiger partial charge on any atom is -0.399 e. The molecule has 0 spiro atoms. The fourth-order valence-corrected chi connectivity index (χ4v) is 4.64. The van der Waals surface area contributed by atoms with Crippen LogP contribution >= 0.6 is 0 Å². The summed E-state index contributed by atoms with van der Waals surface area (Å²) in [6.07, 6.45) is 6.90. The van der Waals surface area contributed by atoms with Gasteiger partial charge in [-0.1, -0.05) is 57.1 Å². The predicted octanol–water partition coefficient (Wildman–Crippen LogP) is 7.28. The summed E-state index contributed by atoms with van der Waals surface area (Å²) in [7, 11) is 0. The number of alkyl halides is 3. The van der Waals surface area contributed by atoms with Crippen molar-refractivity contribution in [3.63, 3.8) is 0 Å². The molecule has 1 aromatic carbocycles. The molecule has 3 rings (SSSR count). The fraction of sp³-hybridized carbons (Fsp3) is 0.636. The first-order valence-electron chi connectivity index (χ1n) is 10.2. The number of hydrogen-bond donors (Lipinski definition) is 0. The molecule has 0 aliphatic heterocycles. The lowest BCUT2D eigenvalue weighted by Gasteiger charge is -2.29. The number of ether oxygens (including phenoxy) is 1. The van der Waals surface area contributed by atoms with E-state index in [4.69, 9.17) is 0 Å². The summed E-state index contributed by atoms with van der Waals surface area (Å²) in [4.78, 5) is 0. The van der Waals surface area contributed by atoms with E-state index in [9.17, 15) is 22.0 Å². The lowest BCUT2D eigenvalue weighted by Crippen LogP contribution is -2.20. The van der Waals surface area contributed by atoms with E-state index >= 15 is 0 Å². The summed E-state index contributed by atoms with van der Waals surface area (Å²) in [5.41, 5.74) is 1.64. The largest absolute Gasteiger partial charge is 0.573 e. The van der Waals surface area contributed by atoms with Crippen molar-refractivity contribution in [1.29, 1.82) is 0 Å². The van der Waals surface area contributed by atoms with Gasteiger partial charge in [-0.15, -0.1) is 13.2 Å². The van der Waals surface area contributed by atoms with Crippen LogP contribution in [0.25, 0.3) is 0 Å². The summed E-state index contributed by atoms with van der Waals surface area (Å²) >= 11 is 0. The molecule has 0 unspecified atom stereocenters. The second-order valence-electron chi connectivity index (χ2n) is 8.14. The van der Waals surface area contributed by atoms with Crippen LogP contribution in [0.4, 0.5) is 22.0 Å². The molecule has 1 nitrogen and oxygen atoms in total. The first kappa shape index (κ1) is 21.1. The van der Waals surface area contributed by atoms with Crippen LogP contribution < -0.4 is 4.74 Å². The van der Waals surface area contributed by atoms with Gasteiger partial charge < -0.3 is 4.74 Å². The van der Waals surface area contributed by atoms with Gasteiger partial charge in [0.15, 0.2) is 11.6 Å². The van der Waals surface area contributed by atoms with E-state index in [1.807, 2.05) is 6.08 Å². The van der Waals surface area contributed by atoms with Crippen molar-refractivity contribution < 1.29 is 26.7 Å². The van der Waals surface area contributed by atoms with Crippen LogP contribution in [0.1, 0.15) is 69.4 Å². The van der Waals surface area contributed by atoms with Gasteiger partial charge in [0.05, 0.1) is 0 Å². The summed E-state index contributed by atoms with van der Waals surface area (Å²) in [5.74, 6) is -2.33. The third-order valence-electron chi connectivity index (χ3n) is 6.14. The minimum atomic E-state index is -5.12. The highest BCUT2D eigenvalue weighted by Gasteiger charge is 2.35. The SMILES string of the molecule is CCCC1CCC(CCC2=CCc3c(cc(F)c(OC(F)(F)F)c3F)C2)CC1. The summed E-state index contributed by atoms with van der Waals surface area (Å²) < 4.78 is 69.0. The van der Waals surface area contributed by atoms with Gasteiger partial charge in [-0.25, -0.2) is 8.78 Å². The second kappa shape index (κ2) is 8.83. The van der Waals surface area contributed by atoms with Gasteiger partial charge >= 0.3 is 6.36 Å². The van der Waals surface area contributed by atoms with E-state index in [1.54, 1.807) is 0 Å². The molecule has 28 heavy (non-hydrogen) atoms. The molecule has 2 aliphatic rings. The molecule has 6 heteroatoms. The van der Waals surface area contributed by atoms with E-state index < -0.39 is 23.7 Å². The van der Waals surface area contributed by atoms with Crippen LogP contribution in [0.5, 0.6) is 5.75 Å². The van der Waals surface area contributed by atoms with Crippen LogP contribution in [0.2, 0.25) is 0 Å². The number of allylic oxidation sites excluding steroid dienone is 2. The highest BCUT2D eigenvalue weighted by Crippen LogP contribution is 2.38. The molecule has 0 N–H and O–H groups in total. The van der Waals surface area contributed by atoms with E-state index in [-0.39, 0.29) is 12.0 Å². The maximum atomic E-state index is 14.4. The van der Waals surface area contributed by atoms with Crippen LogP contribution in [-0.2, 0) is 12.8 Å². The fourth-order valence-electron chi connectivity index (χ4n) is 4.64. The second-order valence-corrected chi connectivity index (χ2v) is 8.14. The first-order chi connectivity index (χ1) is 13.3. The van der Waals surface area contributed by atoms with Crippen molar-refractivity contribution in [3.8, 4) is 5.75 Å². The van der Waals surface area contributed by atoms with Crippen LogP contribution in [0.3, 0.4) is 0 Å². The molecule has 0 bridgehead atoms. The molecule has 0 heterocycles. The van der Waals surface area contributed by atoms with E-state index in [2.05, 4.69) is 11.7 Å². The molecule has 0 radical (unpaired) electrons. The van der Waals surface area contributed by atoms with Gasteiger partial charge in [-0.3, -0.25) is 0 Å². The summed E-state index contributed by atoms with van der Waals surface area (Å²) in [6, 6.07) is 0.989. The normalized spacial score (nSPS) is 22.6. The zero-order chi connectivity index (χ0) is 20.3. The number of benzene rings is 1. The Balaban J connectivity index is 1.59. The molecule has 0 amide bonds. The molecule has 156 valence electrons. The van der Waals surface area contributed by atoms with Crippen molar-refractivity contribution in [2.45, 2.75) is 77.5 Å². The smallest absolute Gasteiger partial charge is 0.399 e. The molecule has 1 saturated carbocycles. The molecule has 0 atom stereocenters. The standard InChI is InChI=1S/C22H27F5O/c1-2-3-14-4-6-15(7-5-14)8-9-16-10-11-18-17(12-16)13-19(23)21(20(18)24)28-22(25,26)27/h10,13-15H,2-9,11-12H2,1H3. The lowest BCUT2D eigenvalue weighted by molar-refractivity contribution is -0.276. The molecular formula is C22H27F5O. The Morgan fingerprint density at radius 2 is 1.68 bits per heavy atom. The molecule has 0 aromatic heterocycles. The van der Waals surface area contributed by atoms with Gasteiger partial charge in [-0.2, -0.15) is 0 Å². The van der Waals surface area contributed by atoms with Crippen molar-refractivity contribution in [1.82, 2.24) is 0 Å². The summed E-state index contributed by atoms with van der Waals surface area (Å²) in [6.45, 7) is 2.23. The minimum absolute atomic E-state index is 0.101. The molecule has 1 aromatic rings. The van der Waals surface area contributed by atoms with Crippen LogP contribution in [0.15, 0.2) is 17.7 Å².